The van der Waals surface area contributed by atoms with E-state index in [1.54, 1.807) is 0 Å². The van der Waals surface area contributed by atoms with Gasteiger partial charge in [-0.2, -0.15) is 0 Å². The summed E-state index contributed by atoms with van der Waals surface area (Å²) in [4.78, 5) is 19.8. The Kier molecular flexibility index (Phi) is 6.50. The predicted molar refractivity (Wildman–Crippen MR) is 80.6 cm³/mol. The Balaban J connectivity index is 2.49. The summed E-state index contributed by atoms with van der Waals surface area (Å²) in [6.45, 7) is 2.84. The number of carbonyl (C=O) groups is 1. The molecular weight excluding hydrogens is 294 g/mol. The fraction of sp³-hybridized carbons (Fsp3) is 0.583. The first-order valence-electron chi connectivity index (χ1n) is 6.61. The Bertz CT molecular complexity index is 557. The van der Waals surface area contributed by atoms with Crippen molar-refractivity contribution in [3.05, 3.63) is 18.1 Å². The van der Waals surface area contributed by atoms with Crippen molar-refractivity contribution >= 4 is 21.7 Å². The molecule has 0 aliphatic heterocycles. The zero-order valence-electron chi connectivity index (χ0n) is 12.5. The van der Waals surface area contributed by atoms with E-state index in [4.69, 9.17) is 0 Å². The summed E-state index contributed by atoms with van der Waals surface area (Å²) in [6.07, 6.45) is 3.79. The zero-order valence-corrected chi connectivity index (χ0v) is 13.3. The first kappa shape index (κ1) is 17.3. The Hall–Kier alpha value is -1.74. The van der Waals surface area contributed by atoms with E-state index in [2.05, 4.69) is 20.6 Å². The van der Waals surface area contributed by atoms with Crippen molar-refractivity contribution in [2.75, 3.05) is 38.3 Å². The van der Waals surface area contributed by atoms with Gasteiger partial charge in [0.05, 0.1) is 18.1 Å². The second-order valence-electron chi connectivity index (χ2n) is 4.57. The largest absolute Gasteiger partial charge is 0.369 e. The summed E-state index contributed by atoms with van der Waals surface area (Å²) in [5.41, 5.74) is 0.152. The highest BCUT2D eigenvalue weighted by molar-refractivity contribution is 7.89. The average molecular weight is 315 g/mol. The molecule has 0 bridgehead atoms. The highest BCUT2D eigenvalue weighted by Gasteiger charge is 2.14. The van der Waals surface area contributed by atoms with Crippen LogP contribution in [0.1, 0.15) is 23.8 Å². The van der Waals surface area contributed by atoms with Crippen LogP contribution in [-0.4, -0.2) is 61.5 Å². The van der Waals surface area contributed by atoms with Gasteiger partial charge in [-0.15, -0.1) is 0 Å². The van der Waals surface area contributed by atoms with Crippen LogP contribution in [0.4, 0.5) is 5.82 Å². The molecule has 1 rings (SSSR count). The van der Waals surface area contributed by atoms with E-state index in [0.29, 0.717) is 5.82 Å². The monoisotopic (exact) mass is 315 g/mol. The molecule has 2 N–H and O–H groups in total. The van der Waals surface area contributed by atoms with E-state index in [1.807, 2.05) is 6.92 Å². The topological polar surface area (TPSA) is 104 Å². The molecule has 1 heterocycles. The first-order chi connectivity index (χ1) is 9.86. The van der Waals surface area contributed by atoms with Crippen LogP contribution in [0.2, 0.25) is 0 Å². The Labute approximate surface area is 125 Å². The quantitative estimate of drug-likeness (QED) is 0.695. The Morgan fingerprint density at radius 2 is 1.95 bits per heavy atom. The fourth-order valence-electron chi connectivity index (χ4n) is 1.36. The highest BCUT2D eigenvalue weighted by atomic mass is 32.2. The van der Waals surface area contributed by atoms with Crippen LogP contribution in [0.15, 0.2) is 12.4 Å². The SMILES string of the molecule is CCCNc1cnc(C(=O)NCCS(=O)(=O)N(C)C)cn1. The van der Waals surface area contributed by atoms with Crippen LogP contribution < -0.4 is 10.6 Å². The summed E-state index contributed by atoms with van der Waals surface area (Å²) in [7, 11) is -0.422. The van der Waals surface area contributed by atoms with Crippen molar-refractivity contribution < 1.29 is 13.2 Å². The maximum Gasteiger partial charge on any atom is 0.271 e. The number of hydrogen-bond acceptors (Lipinski definition) is 6. The van der Waals surface area contributed by atoms with Crippen LogP contribution in [-0.2, 0) is 10.0 Å². The number of aromatic nitrogens is 2. The summed E-state index contributed by atoms with van der Waals surface area (Å²) >= 11 is 0. The first-order valence-corrected chi connectivity index (χ1v) is 8.22. The minimum atomic E-state index is -3.32. The molecule has 0 aliphatic carbocycles. The van der Waals surface area contributed by atoms with Crippen molar-refractivity contribution in [1.29, 1.82) is 0 Å². The number of amides is 1. The second-order valence-corrected chi connectivity index (χ2v) is 6.87. The van der Waals surface area contributed by atoms with Crippen molar-refractivity contribution in [3.63, 3.8) is 0 Å². The molecule has 8 nitrogen and oxygen atoms in total. The van der Waals surface area contributed by atoms with Crippen LogP contribution >= 0.6 is 0 Å². The molecule has 0 aliphatic rings. The number of hydrogen-bond donors (Lipinski definition) is 2. The number of nitrogens with zero attached hydrogens (tertiary/aromatic N) is 3. The van der Waals surface area contributed by atoms with E-state index in [1.165, 1.54) is 26.5 Å². The zero-order chi connectivity index (χ0) is 15.9. The molecular formula is C12H21N5O3S. The van der Waals surface area contributed by atoms with Gasteiger partial charge in [-0.05, 0) is 6.42 Å². The lowest BCUT2D eigenvalue weighted by Gasteiger charge is -2.11. The second kappa shape index (κ2) is 7.89. The van der Waals surface area contributed by atoms with E-state index >= 15 is 0 Å². The lowest BCUT2D eigenvalue weighted by Crippen LogP contribution is -2.34. The molecule has 0 fully saturated rings. The molecule has 0 unspecified atom stereocenters. The highest BCUT2D eigenvalue weighted by Crippen LogP contribution is 2.01. The Morgan fingerprint density at radius 3 is 2.48 bits per heavy atom. The number of anilines is 1. The van der Waals surface area contributed by atoms with Crippen molar-refractivity contribution in [3.8, 4) is 0 Å². The van der Waals surface area contributed by atoms with Crippen molar-refractivity contribution in [2.45, 2.75) is 13.3 Å². The third-order valence-electron chi connectivity index (χ3n) is 2.64. The molecule has 0 saturated carbocycles. The fourth-order valence-corrected chi connectivity index (χ4v) is 2.08. The molecule has 9 heteroatoms. The van der Waals surface area contributed by atoms with E-state index < -0.39 is 15.9 Å². The molecule has 118 valence electrons. The summed E-state index contributed by atoms with van der Waals surface area (Å²) < 4.78 is 24.2. The normalized spacial score (nSPS) is 11.4. The molecule has 0 atom stereocenters. The van der Waals surface area contributed by atoms with Crippen LogP contribution in [0.3, 0.4) is 0 Å². The molecule has 21 heavy (non-hydrogen) atoms. The van der Waals surface area contributed by atoms with Crippen molar-refractivity contribution in [2.24, 2.45) is 0 Å². The van der Waals surface area contributed by atoms with Gasteiger partial charge in [0, 0.05) is 27.2 Å². The molecule has 1 aromatic heterocycles. The molecule has 1 aromatic rings. The molecule has 0 spiro atoms. The van der Waals surface area contributed by atoms with Crippen LogP contribution in [0.25, 0.3) is 0 Å². The third-order valence-corrected chi connectivity index (χ3v) is 4.48. The average Bonchev–Trinajstić information content (AvgIpc) is 2.45. The van der Waals surface area contributed by atoms with Gasteiger partial charge >= 0.3 is 0 Å². The molecule has 0 radical (unpaired) electrons. The minimum Gasteiger partial charge on any atom is -0.369 e. The summed E-state index contributed by atoms with van der Waals surface area (Å²) in [6, 6.07) is 0. The van der Waals surface area contributed by atoms with Gasteiger partial charge in [0.15, 0.2) is 0 Å². The minimum absolute atomic E-state index is 0.0247. The number of sulfonamides is 1. The van der Waals surface area contributed by atoms with Gasteiger partial charge < -0.3 is 10.6 Å². The van der Waals surface area contributed by atoms with Gasteiger partial charge in [-0.1, -0.05) is 6.92 Å². The maximum absolute atomic E-state index is 11.8. The van der Waals surface area contributed by atoms with E-state index in [-0.39, 0.29) is 18.0 Å². The standard InChI is InChI=1S/C12H21N5O3S/c1-4-5-13-11-9-15-10(8-16-11)12(18)14-6-7-21(19,20)17(2)3/h8-9H,4-7H2,1-3H3,(H,13,16)(H,14,18). The number of nitrogens with one attached hydrogen (secondary N) is 2. The van der Waals surface area contributed by atoms with Crippen molar-refractivity contribution in [1.82, 2.24) is 19.6 Å². The van der Waals surface area contributed by atoms with E-state index in [0.717, 1.165) is 17.3 Å². The summed E-state index contributed by atoms with van der Waals surface area (Å²) in [5, 5.41) is 5.55. The van der Waals surface area contributed by atoms with Crippen LogP contribution in [0, 0.1) is 0 Å². The lowest BCUT2D eigenvalue weighted by atomic mass is 10.4. The number of carbonyl (C=O) groups excluding carboxylic acids is 1. The van der Waals surface area contributed by atoms with E-state index in [9.17, 15) is 13.2 Å². The maximum atomic E-state index is 11.8. The molecule has 1 amide bonds. The van der Waals surface area contributed by atoms with Gasteiger partial charge in [-0.3, -0.25) is 4.79 Å². The van der Waals surface area contributed by atoms with Gasteiger partial charge in [0.25, 0.3) is 5.91 Å². The number of rotatable bonds is 8. The van der Waals surface area contributed by atoms with Gasteiger partial charge in [0.1, 0.15) is 11.5 Å². The van der Waals surface area contributed by atoms with Gasteiger partial charge in [0.2, 0.25) is 10.0 Å². The summed E-state index contributed by atoms with van der Waals surface area (Å²) in [5.74, 6) is -0.00273. The molecule has 0 aromatic carbocycles. The van der Waals surface area contributed by atoms with Gasteiger partial charge in [-0.25, -0.2) is 22.7 Å². The van der Waals surface area contributed by atoms with Crippen LogP contribution in [0.5, 0.6) is 0 Å². The molecule has 0 saturated heterocycles. The predicted octanol–water partition coefficient (Wildman–Crippen LogP) is -0.0803. The smallest absolute Gasteiger partial charge is 0.271 e. The Morgan fingerprint density at radius 1 is 1.24 bits per heavy atom. The lowest BCUT2D eigenvalue weighted by molar-refractivity contribution is 0.0950. The third kappa shape index (κ3) is 5.64.